The van der Waals surface area contributed by atoms with Crippen LogP contribution < -0.4 is 5.73 Å². The molecule has 2 aromatic rings. The van der Waals surface area contributed by atoms with Gasteiger partial charge in [-0.15, -0.1) is 0 Å². The standard InChI is InChI=1S/C16H15Cl2N/c17-14-7-6-12(9-15(14)18)11-5-4-10-2-1-3-16(19)13(10)8-11/h4-9,16H,1-3,19H2. The van der Waals surface area contributed by atoms with Crippen LogP contribution in [0.15, 0.2) is 36.4 Å². The number of aryl methyl sites for hydroxylation is 1. The Morgan fingerprint density at radius 2 is 1.68 bits per heavy atom. The molecule has 3 heteroatoms. The van der Waals surface area contributed by atoms with E-state index in [9.17, 15) is 0 Å². The monoisotopic (exact) mass is 291 g/mol. The Kier molecular flexibility index (Phi) is 3.53. The van der Waals surface area contributed by atoms with E-state index < -0.39 is 0 Å². The summed E-state index contributed by atoms with van der Waals surface area (Å²) in [6.45, 7) is 0. The third-order valence-electron chi connectivity index (χ3n) is 3.76. The van der Waals surface area contributed by atoms with Crippen LogP contribution in [0.4, 0.5) is 0 Å². The van der Waals surface area contributed by atoms with Crippen molar-refractivity contribution in [3.63, 3.8) is 0 Å². The Labute approximate surface area is 123 Å². The molecule has 0 aliphatic heterocycles. The van der Waals surface area contributed by atoms with Gasteiger partial charge in [0, 0.05) is 6.04 Å². The van der Waals surface area contributed by atoms with Gasteiger partial charge in [-0.1, -0.05) is 41.4 Å². The van der Waals surface area contributed by atoms with Crippen LogP contribution in [-0.2, 0) is 6.42 Å². The zero-order valence-electron chi connectivity index (χ0n) is 10.5. The maximum atomic E-state index is 6.20. The molecule has 1 unspecified atom stereocenters. The second-order valence-electron chi connectivity index (χ2n) is 5.04. The van der Waals surface area contributed by atoms with Crippen LogP contribution in [0.3, 0.4) is 0 Å². The van der Waals surface area contributed by atoms with Gasteiger partial charge in [-0.3, -0.25) is 0 Å². The van der Waals surface area contributed by atoms with Crippen LogP contribution in [0.25, 0.3) is 11.1 Å². The molecule has 2 N–H and O–H groups in total. The lowest BCUT2D eigenvalue weighted by Gasteiger charge is -2.23. The smallest absolute Gasteiger partial charge is 0.0598 e. The molecule has 0 radical (unpaired) electrons. The molecule has 19 heavy (non-hydrogen) atoms. The lowest BCUT2D eigenvalue weighted by molar-refractivity contribution is 0.571. The van der Waals surface area contributed by atoms with Gasteiger partial charge in [-0.25, -0.2) is 0 Å². The van der Waals surface area contributed by atoms with Gasteiger partial charge in [0.25, 0.3) is 0 Å². The summed E-state index contributed by atoms with van der Waals surface area (Å²) in [6.07, 6.45) is 3.38. The highest BCUT2D eigenvalue weighted by Crippen LogP contribution is 2.33. The number of rotatable bonds is 1. The molecule has 0 aromatic heterocycles. The van der Waals surface area contributed by atoms with E-state index in [1.54, 1.807) is 0 Å². The van der Waals surface area contributed by atoms with Crippen LogP contribution >= 0.6 is 23.2 Å². The first kappa shape index (κ1) is 13.0. The Morgan fingerprint density at radius 1 is 0.947 bits per heavy atom. The molecule has 0 saturated carbocycles. The van der Waals surface area contributed by atoms with Gasteiger partial charge >= 0.3 is 0 Å². The minimum Gasteiger partial charge on any atom is -0.324 e. The summed E-state index contributed by atoms with van der Waals surface area (Å²) >= 11 is 12.0. The number of nitrogens with two attached hydrogens (primary N) is 1. The summed E-state index contributed by atoms with van der Waals surface area (Å²) in [7, 11) is 0. The van der Waals surface area contributed by atoms with E-state index in [1.807, 2.05) is 18.2 Å². The Balaban J connectivity index is 2.06. The summed E-state index contributed by atoms with van der Waals surface area (Å²) in [5.74, 6) is 0. The highest BCUT2D eigenvalue weighted by molar-refractivity contribution is 6.42. The summed E-state index contributed by atoms with van der Waals surface area (Å²) in [6, 6.07) is 12.4. The first-order chi connectivity index (χ1) is 9.15. The molecule has 0 amide bonds. The van der Waals surface area contributed by atoms with Crippen molar-refractivity contribution < 1.29 is 0 Å². The van der Waals surface area contributed by atoms with Gasteiger partial charge in [0.2, 0.25) is 0 Å². The van der Waals surface area contributed by atoms with Gasteiger partial charge in [0.15, 0.2) is 0 Å². The van der Waals surface area contributed by atoms with Gasteiger partial charge < -0.3 is 5.73 Å². The molecule has 0 spiro atoms. The van der Waals surface area contributed by atoms with E-state index in [0.717, 1.165) is 24.0 Å². The maximum absolute atomic E-state index is 6.20. The van der Waals surface area contributed by atoms with Crippen LogP contribution in [-0.4, -0.2) is 0 Å². The molecule has 1 aliphatic carbocycles. The summed E-state index contributed by atoms with van der Waals surface area (Å²) in [5.41, 5.74) is 11.1. The molecule has 0 bridgehead atoms. The first-order valence-corrected chi connectivity index (χ1v) is 7.24. The lowest BCUT2D eigenvalue weighted by atomic mass is 9.86. The molecule has 3 rings (SSSR count). The highest BCUT2D eigenvalue weighted by Gasteiger charge is 2.17. The second kappa shape index (κ2) is 5.16. The maximum Gasteiger partial charge on any atom is 0.0598 e. The summed E-state index contributed by atoms with van der Waals surface area (Å²) < 4.78 is 0. The third-order valence-corrected chi connectivity index (χ3v) is 4.50. The van der Waals surface area contributed by atoms with Gasteiger partial charge in [-0.2, -0.15) is 0 Å². The SMILES string of the molecule is NC1CCCc2ccc(-c3ccc(Cl)c(Cl)c3)cc21. The van der Waals surface area contributed by atoms with Crippen molar-refractivity contribution in [2.45, 2.75) is 25.3 Å². The molecule has 0 heterocycles. The van der Waals surface area contributed by atoms with Crippen LogP contribution in [0, 0.1) is 0 Å². The molecular weight excluding hydrogens is 277 g/mol. The number of hydrogen-bond acceptors (Lipinski definition) is 1. The molecule has 1 atom stereocenters. The van der Waals surface area contributed by atoms with E-state index in [-0.39, 0.29) is 6.04 Å². The Morgan fingerprint density at radius 3 is 2.47 bits per heavy atom. The van der Waals surface area contributed by atoms with Crippen molar-refractivity contribution in [1.82, 2.24) is 0 Å². The predicted molar refractivity (Wildman–Crippen MR) is 81.8 cm³/mol. The highest BCUT2D eigenvalue weighted by atomic mass is 35.5. The average Bonchev–Trinajstić information content (AvgIpc) is 2.42. The number of hydrogen-bond donors (Lipinski definition) is 1. The van der Waals surface area contributed by atoms with Gasteiger partial charge in [-0.05, 0) is 59.7 Å². The van der Waals surface area contributed by atoms with Gasteiger partial charge in [0.1, 0.15) is 0 Å². The quantitative estimate of drug-likeness (QED) is 0.786. The minimum absolute atomic E-state index is 0.159. The fraction of sp³-hybridized carbons (Fsp3) is 0.250. The second-order valence-corrected chi connectivity index (χ2v) is 5.86. The van der Waals surface area contributed by atoms with Crippen molar-refractivity contribution >= 4 is 23.2 Å². The number of halogens is 2. The average molecular weight is 292 g/mol. The largest absolute Gasteiger partial charge is 0.324 e. The normalized spacial score (nSPS) is 18.2. The van der Waals surface area contributed by atoms with E-state index >= 15 is 0 Å². The van der Waals surface area contributed by atoms with Crippen LogP contribution in [0.1, 0.15) is 30.0 Å². The van der Waals surface area contributed by atoms with Crippen molar-refractivity contribution in [1.29, 1.82) is 0 Å². The molecule has 1 aliphatic rings. The van der Waals surface area contributed by atoms with Crippen molar-refractivity contribution in [3.8, 4) is 11.1 Å². The summed E-state index contributed by atoms with van der Waals surface area (Å²) in [4.78, 5) is 0. The lowest BCUT2D eigenvalue weighted by Crippen LogP contribution is -2.17. The van der Waals surface area contributed by atoms with Crippen LogP contribution in [0.5, 0.6) is 0 Å². The van der Waals surface area contributed by atoms with Crippen molar-refractivity contribution in [3.05, 3.63) is 57.6 Å². The molecule has 0 fully saturated rings. The molecule has 98 valence electrons. The third kappa shape index (κ3) is 2.51. The molecule has 0 saturated heterocycles. The fourth-order valence-corrected chi connectivity index (χ4v) is 2.99. The van der Waals surface area contributed by atoms with E-state index in [4.69, 9.17) is 28.9 Å². The van der Waals surface area contributed by atoms with Crippen LogP contribution in [0.2, 0.25) is 10.0 Å². The number of fused-ring (bicyclic) bond motifs is 1. The summed E-state index contributed by atoms with van der Waals surface area (Å²) in [5, 5.41) is 1.17. The van der Waals surface area contributed by atoms with Gasteiger partial charge in [0.05, 0.1) is 10.0 Å². The fourth-order valence-electron chi connectivity index (χ4n) is 2.69. The predicted octanol–water partition coefficient (Wildman–Crippen LogP) is 5.00. The molecule has 2 aromatic carbocycles. The minimum atomic E-state index is 0.159. The zero-order valence-corrected chi connectivity index (χ0v) is 12.0. The topological polar surface area (TPSA) is 26.0 Å². The number of benzene rings is 2. The Bertz CT molecular complexity index is 622. The molecule has 1 nitrogen and oxygen atoms in total. The van der Waals surface area contributed by atoms with E-state index in [2.05, 4.69) is 18.2 Å². The van der Waals surface area contributed by atoms with Crippen molar-refractivity contribution in [2.75, 3.05) is 0 Å². The van der Waals surface area contributed by atoms with E-state index in [1.165, 1.54) is 17.5 Å². The molecular formula is C16H15Cl2N. The van der Waals surface area contributed by atoms with Crippen molar-refractivity contribution in [2.24, 2.45) is 5.73 Å². The Hall–Kier alpha value is -1.02. The zero-order chi connectivity index (χ0) is 13.4. The van der Waals surface area contributed by atoms with E-state index in [0.29, 0.717) is 10.0 Å². The first-order valence-electron chi connectivity index (χ1n) is 6.49.